The van der Waals surface area contributed by atoms with E-state index < -0.39 is 16.1 Å². The SMILES string of the molecule is COc1ccc(CN(C)C[C@H]2OCCCC[C@@H](C)Oc3ccc(NS(C)(=O)=O)cc3C(=O)N([C@@H](C)CO)C[C@H]2C)cc1. The van der Waals surface area contributed by atoms with Crippen LogP contribution in [-0.4, -0.2) is 94.2 Å². The summed E-state index contributed by atoms with van der Waals surface area (Å²) in [5.41, 5.74) is 1.67. The Bertz CT molecular complexity index is 1260. The highest BCUT2D eigenvalue weighted by molar-refractivity contribution is 7.92. The molecule has 1 heterocycles. The Kier molecular flexibility index (Phi) is 12.5. The van der Waals surface area contributed by atoms with Gasteiger partial charge in [0.15, 0.2) is 0 Å². The maximum Gasteiger partial charge on any atom is 0.258 e. The average Bonchev–Trinajstić information content (AvgIpc) is 2.94. The van der Waals surface area contributed by atoms with Gasteiger partial charge in [0.05, 0.1) is 43.8 Å². The number of carbonyl (C=O) groups excluding carboxylic acids is 1. The molecule has 11 heteroatoms. The fourth-order valence-corrected chi connectivity index (χ4v) is 5.63. The van der Waals surface area contributed by atoms with Crippen LogP contribution in [0.5, 0.6) is 11.5 Å². The molecule has 0 aromatic heterocycles. The molecule has 0 bridgehead atoms. The maximum atomic E-state index is 14.1. The van der Waals surface area contributed by atoms with Crippen molar-refractivity contribution in [3.8, 4) is 11.5 Å². The van der Waals surface area contributed by atoms with Crippen LogP contribution < -0.4 is 14.2 Å². The molecule has 0 saturated carbocycles. The fourth-order valence-electron chi connectivity index (χ4n) is 5.08. The van der Waals surface area contributed by atoms with Crippen molar-refractivity contribution < 1.29 is 32.5 Å². The maximum absolute atomic E-state index is 14.1. The van der Waals surface area contributed by atoms with Crippen molar-refractivity contribution >= 4 is 21.6 Å². The highest BCUT2D eigenvalue weighted by Gasteiger charge is 2.30. The molecule has 0 spiro atoms. The highest BCUT2D eigenvalue weighted by Crippen LogP contribution is 2.29. The number of aliphatic hydroxyl groups excluding tert-OH is 1. The predicted octanol–water partition coefficient (Wildman–Crippen LogP) is 3.99. The number of nitrogens with zero attached hydrogens (tertiary/aromatic N) is 2. The third-order valence-electron chi connectivity index (χ3n) is 7.46. The van der Waals surface area contributed by atoms with Crippen molar-refractivity contribution in [1.29, 1.82) is 0 Å². The first-order valence-corrected chi connectivity index (χ1v) is 16.4. The zero-order valence-electron chi connectivity index (χ0n) is 25.7. The number of carbonyl (C=O) groups is 1. The van der Waals surface area contributed by atoms with Crippen LogP contribution in [0.2, 0.25) is 0 Å². The van der Waals surface area contributed by atoms with E-state index in [1.807, 2.05) is 31.2 Å². The second kappa shape index (κ2) is 15.6. The Balaban J connectivity index is 1.90. The van der Waals surface area contributed by atoms with Gasteiger partial charge in [-0.2, -0.15) is 0 Å². The first kappa shape index (κ1) is 33.6. The van der Waals surface area contributed by atoms with E-state index in [-0.39, 0.29) is 41.9 Å². The monoisotopic (exact) mass is 605 g/mol. The number of likely N-dealkylation sites (N-methyl/N-ethyl adjacent to an activating group) is 1. The van der Waals surface area contributed by atoms with E-state index in [2.05, 4.69) is 23.6 Å². The third-order valence-corrected chi connectivity index (χ3v) is 8.06. The van der Waals surface area contributed by atoms with Gasteiger partial charge >= 0.3 is 0 Å². The summed E-state index contributed by atoms with van der Waals surface area (Å²) in [6, 6.07) is 12.2. The van der Waals surface area contributed by atoms with Crippen molar-refractivity contribution in [2.45, 2.75) is 64.8 Å². The molecule has 0 fully saturated rings. The van der Waals surface area contributed by atoms with Gasteiger partial charge in [-0.15, -0.1) is 0 Å². The molecule has 4 atom stereocenters. The van der Waals surface area contributed by atoms with E-state index in [0.29, 0.717) is 25.4 Å². The van der Waals surface area contributed by atoms with Crippen LogP contribution in [0.3, 0.4) is 0 Å². The molecule has 2 aromatic rings. The van der Waals surface area contributed by atoms with Crippen LogP contribution in [0, 0.1) is 5.92 Å². The smallest absolute Gasteiger partial charge is 0.258 e. The lowest BCUT2D eigenvalue weighted by Gasteiger charge is -2.36. The molecule has 2 N–H and O–H groups in total. The number of sulfonamides is 1. The number of methoxy groups -OCH3 is 1. The van der Waals surface area contributed by atoms with E-state index in [1.54, 1.807) is 31.1 Å². The molecule has 1 aliphatic heterocycles. The molecule has 0 aliphatic carbocycles. The molecule has 1 amide bonds. The number of rotatable bonds is 9. The van der Waals surface area contributed by atoms with Gasteiger partial charge in [0.1, 0.15) is 11.5 Å². The van der Waals surface area contributed by atoms with Gasteiger partial charge in [-0.3, -0.25) is 14.4 Å². The summed E-state index contributed by atoms with van der Waals surface area (Å²) in [7, 11) is 0.149. The molecule has 2 aromatic carbocycles. The van der Waals surface area contributed by atoms with Gasteiger partial charge in [-0.05, 0) is 76.1 Å². The minimum Gasteiger partial charge on any atom is -0.497 e. The van der Waals surface area contributed by atoms with Crippen molar-refractivity contribution in [2.75, 3.05) is 51.4 Å². The van der Waals surface area contributed by atoms with E-state index in [1.165, 1.54) is 6.07 Å². The van der Waals surface area contributed by atoms with Gasteiger partial charge in [0.25, 0.3) is 5.91 Å². The summed E-state index contributed by atoms with van der Waals surface area (Å²) in [5.74, 6) is 0.793. The summed E-state index contributed by atoms with van der Waals surface area (Å²) in [6.45, 7) is 7.89. The Morgan fingerprint density at radius 3 is 2.52 bits per heavy atom. The number of aliphatic hydroxyl groups is 1. The van der Waals surface area contributed by atoms with Gasteiger partial charge in [-0.25, -0.2) is 8.42 Å². The van der Waals surface area contributed by atoms with E-state index in [0.717, 1.165) is 43.4 Å². The van der Waals surface area contributed by atoms with E-state index >= 15 is 0 Å². The van der Waals surface area contributed by atoms with Gasteiger partial charge < -0.3 is 24.2 Å². The molecular formula is C31H47N3O7S. The molecule has 10 nitrogen and oxygen atoms in total. The summed E-state index contributed by atoms with van der Waals surface area (Å²) in [6.07, 6.45) is 3.28. The van der Waals surface area contributed by atoms with Crippen LogP contribution in [-0.2, 0) is 21.3 Å². The average molecular weight is 606 g/mol. The van der Waals surface area contributed by atoms with Gasteiger partial charge in [0.2, 0.25) is 10.0 Å². The lowest BCUT2D eigenvalue weighted by Crippen LogP contribution is -2.47. The van der Waals surface area contributed by atoms with Gasteiger partial charge in [0, 0.05) is 37.8 Å². The van der Waals surface area contributed by atoms with Crippen LogP contribution in [0.1, 0.15) is 56.0 Å². The van der Waals surface area contributed by atoms with E-state index in [4.69, 9.17) is 14.2 Å². The molecule has 0 unspecified atom stereocenters. The topological polar surface area (TPSA) is 118 Å². The lowest BCUT2D eigenvalue weighted by molar-refractivity contribution is -0.0177. The number of anilines is 1. The van der Waals surface area contributed by atoms with Crippen molar-refractivity contribution in [3.05, 3.63) is 53.6 Å². The highest BCUT2D eigenvalue weighted by atomic mass is 32.2. The number of ether oxygens (including phenoxy) is 3. The fraction of sp³-hybridized carbons (Fsp3) is 0.581. The van der Waals surface area contributed by atoms with Crippen molar-refractivity contribution in [1.82, 2.24) is 9.80 Å². The molecule has 1 aliphatic rings. The lowest BCUT2D eigenvalue weighted by atomic mass is 10.0. The number of fused-ring (bicyclic) bond motifs is 1. The Morgan fingerprint density at radius 2 is 1.88 bits per heavy atom. The Labute approximate surface area is 251 Å². The zero-order valence-corrected chi connectivity index (χ0v) is 26.5. The largest absolute Gasteiger partial charge is 0.497 e. The molecule has 0 saturated heterocycles. The number of hydrogen-bond acceptors (Lipinski definition) is 8. The first-order chi connectivity index (χ1) is 19.9. The third kappa shape index (κ3) is 10.1. The molecule has 0 radical (unpaired) electrons. The van der Waals surface area contributed by atoms with Gasteiger partial charge in [-0.1, -0.05) is 19.1 Å². The quantitative estimate of drug-likeness (QED) is 0.441. The number of benzene rings is 2. The minimum absolute atomic E-state index is 0.0650. The van der Waals surface area contributed by atoms with E-state index in [9.17, 15) is 18.3 Å². The first-order valence-electron chi connectivity index (χ1n) is 14.5. The minimum atomic E-state index is -3.55. The van der Waals surface area contributed by atoms with Crippen LogP contribution in [0.15, 0.2) is 42.5 Å². The van der Waals surface area contributed by atoms with Crippen molar-refractivity contribution in [2.24, 2.45) is 5.92 Å². The second-order valence-corrected chi connectivity index (χ2v) is 13.2. The molecule has 42 heavy (non-hydrogen) atoms. The molecule has 234 valence electrons. The summed E-state index contributed by atoms with van der Waals surface area (Å²) in [4.78, 5) is 17.9. The summed E-state index contributed by atoms with van der Waals surface area (Å²) >= 11 is 0. The van der Waals surface area contributed by atoms with Crippen LogP contribution in [0.25, 0.3) is 0 Å². The van der Waals surface area contributed by atoms with Crippen LogP contribution in [0.4, 0.5) is 5.69 Å². The zero-order chi connectivity index (χ0) is 30.9. The standard InChI is InChI=1S/C31H47N3O7S/c1-22-18-34(23(2)21-35)31(36)28-17-26(32-42(6,37)38)12-15-29(28)41-24(3)9-7-8-16-40-30(22)20-33(4)19-25-10-13-27(39-5)14-11-25/h10-15,17,22-24,30,32,35H,7-9,16,18-21H2,1-6H3/t22-,23+,24-,30-/m1/s1. The molecule has 3 rings (SSSR count). The second-order valence-electron chi connectivity index (χ2n) is 11.4. The number of nitrogens with one attached hydrogen (secondary N) is 1. The Morgan fingerprint density at radius 1 is 1.17 bits per heavy atom. The summed E-state index contributed by atoms with van der Waals surface area (Å²) in [5, 5.41) is 10.1. The molecular weight excluding hydrogens is 558 g/mol. The number of hydrogen-bond donors (Lipinski definition) is 2. The number of amides is 1. The van der Waals surface area contributed by atoms with Crippen LogP contribution >= 0.6 is 0 Å². The Hall–Kier alpha value is -2.86. The predicted molar refractivity (Wildman–Crippen MR) is 165 cm³/mol. The normalized spacial score (nSPS) is 21.7. The summed E-state index contributed by atoms with van der Waals surface area (Å²) < 4.78 is 44.2. The van der Waals surface area contributed by atoms with Crippen molar-refractivity contribution in [3.63, 3.8) is 0 Å².